The van der Waals surface area contributed by atoms with Crippen LogP contribution >= 0.6 is 11.6 Å². The molecule has 130 heavy (non-hydrogen) atoms. The molecule has 666 valence electrons. The first-order valence-corrected chi connectivity index (χ1v) is 40.8. The number of carbonyl (C=O) groups excluding carboxylic acids is 9. The first kappa shape index (κ1) is 124. The molecule has 6 radical (unpaired) electrons. The van der Waals surface area contributed by atoms with Gasteiger partial charge < -0.3 is 53.3 Å². The van der Waals surface area contributed by atoms with E-state index in [1.165, 1.54) is 38.7 Å². The summed E-state index contributed by atoms with van der Waals surface area (Å²) in [6.07, 6.45) is 23.5. The van der Waals surface area contributed by atoms with Gasteiger partial charge in [0.2, 0.25) is 5.78 Å². The topological polar surface area (TPSA) is 251 Å². The van der Waals surface area contributed by atoms with Gasteiger partial charge in [-0.05, 0) is 227 Å². The number of aromatic nitrogens is 4. The zero-order valence-electron chi connectivity index (χ0n) is 70.4. The maximum Gasteiger partial charge on any atom is 0.262 e. The molecule has 5 heterocycles. The molecule has 26 heteroatoms. The number of fused-ring (bicyclic) bond motifs is 7. The summed E-state index contributed by atoms with van der Waals surface area (Å²) in [5.74, 6) is -0.882. The van der Waals surface area contributed by atoms with E-state index in [1.807, 2.05) is 174 Å². The van der Waals surface area contributed by atoms with Gasteiger partial charge in [-0.1, -0.05) is 201 Å². The molecular formula is C104H108ClFN4O13SY6-6. The fourth-order valence-corrected chi connectivity index (χ4v) is 15.7. The van der Waals surface area contributed by atoms with Crippen LogP contribution < -0.4 is 0 Å². The van der Waals surface area contributed by atoms with E-state index in [2.05, 4.69) is 37.0 Å². The van der Waals surface area contributed by atoms with E-state index in [1.54, 1.807) is 108 Å². The number of ketones is 1. The molecule has 9 aromatic carbocycles. The van der Waals surface area contributed by atoms with Gasteiger partial charge in [0.1, 0.15) is 5.82 Å². The number of H-pyrrole nitrogens is 1. The minimum absolute atomic E-state index is 0. The Bertz CT molecular complexity index is 6030. The normalized spacial score (nSPS) is 13.7. The number of aliphatic hydroxyl groups is 2. The number of aryl methyl sites for hydroxylation is 2. The van der Waals surface area contributed by atoms with E-state index >= 15 is 0 Å². The zero-order valence-corrected chi connectivity index (χ0v) is 89.0. The fraction of sp³-hybridized carbons (Fsp3) is 0.260. The molecule has 3 N–H and O–H groups in total. The van der Waals surface area contributed by atoms with Crippen LogP contribution in [-0.2, 0) is 305 Å². The van der Waals surface area contributed by atoms with Crippen LogP contribution in [0.2, 0.25) is 5.02 Å². The first-order valence-electron chi connectivity index (χ1n) is 38.9. The molecule has 0 saturated heterocycles. The first-order chi connectivity index (χ1) is 57.6. The van der Waals surface area contributed by atoms with E-state index < -0.39 is 16.4 Å². The second-order valence-corrected chi connectivity index (χ2v) is 30.9. The summed E-state index contributed by atoms with van der Waals surface area (Å²) in [4.78, 5) is 106. The van der Waals surface area contributed by atoms with Crippen LogP contribution in [0.4, 0.5) is 4.39 Å². The van der Waals surface area contributed by atoms with Crippen molar-refractivity contribution in [1.29, 1.82) is 0 Å². The molecule has 4 atom stereocenters. The van der Waals surface area contributed by atoms with Gasteiger partial charge >= 0.3 is 0 Å². The van der Waals surface area contributed by atoms with Gasteiger partial charge in [-0.3, -0.25) is 65.4 Å². The molecule has 0 saturated carbocycles. The van der Waals surface area contributed by atoms with Crippen molar-refractivity contribution in [1.82, 2.24) is 18.7 Å². The van der Waals surface area contributed by atoms with Crippen molar-refractivity contribution in [3.05, 3.63) is 342 Å². The van der Waals surface area contributed by atoms with E-state index in [9.17, 15) is 56.9 Å². The van der Waals surface area contributed by atoms with E-state index in [0.717, 1.165) is 119 Å². The Morgan fingerprint density at radius 2 is 1.25 bits per heavy atom. The number of ether oxygens (including phenoxy) is 1. The number of carbonyl (C=O) groups is 3. The maximum atomic E-state index is 13.6. The molecule has 1 aliphatic heterocycles. The van der Waals surface area contributed by atoms with Crippen LogP contribution in [0.25, 0.3) is 49.8 Å². The SMILES string of the molecule is C.C.C.C.C.CC([C-]=O)c1ccc2cc(CO)ccc2c1.CC1=C(C[C-]=O)c2cc(F)ccc2/C1=C\c1ccc(S(C)=O)cc1.CCc1cccc2c3c([nH]c12)C(CC)(C[C-]=O)OCC3.Cc1ccc(C(=O)c2ccc(C[C-]=O)n2C)cc1.O=[C-]C1Cc2ccn(C(=O)c3ccccc3)c2C1.O=[C-]Cc1cn(C(=O)c2ccc(Cl)cc2)c2ccc(CO)cc12.[Y].[Y].[Y].[Y].[Y].[Y]. The second-order valence-electron chi connectivity index (χ2n) is 29.1. The number of hydrogen-bond donors (Lipinski definition) is 3. The summed E-state index contributed by atoms with van der Waals surface area (Å²) in [5.41, 5.74) is 20.1. The van der Waals surface area contributed by atoms with Gasteiger partial charge in [0.05, 0.1) is 36.6 Å². The summed E-state index contributed by atoms with van der Waals surface area (Å²) >= 11 is 5.85. The third kappa shape index (κ3) is 30.4. The standard InChI is InChI=1S/C20H16FO2S.C18H13ClNO3.C17H20NO2.C15H12NO2.C15H14NO2.C14H13O2.5CH4.6Y/c1-13-17(9-10-22)20-12-15(21)5-8-18(20)19(13)11-14-3-6-16(7-4-14)24(2)23;19-15-4-2-13(3-5-15)18(23)20-10-14(7-8-21)16-9-12(11-22)1-6-17(16)20;1-3-12-6-5-7-13-14-8-11-20-17(4-2,9-10-19)16(14)18-15(12)13;17-10-11-8-13-6-7-16(14(13)9-11)15(18)12-4-2-1-3-5-12;1-11-3-5-12(6-4-11)15(18)14-8-7-13(9-10-17)16(14)2;1-10(8-15)12-4-5-13-6-11(9-16)2-3-14(13)7-12;;;;;;;;;;;/h3-8,11-12H,9H2,1-2H3;1-6,9-10,22H,7,11H2;5-7,18H,3-4,8-9,11H2,1-2H3;1-7,11H,8-9H2;3-8H,9H2,1-2H3;2-7,10,16H,9H2,1H3;5*1H4;;;;;;/q6*-1;;;;;;;;;;;/b19-11-;;;;;;;;;;;;;;;;. The van der Waals surface area contributed by atoms with Crippen LogP contribution in [0.5, 0.6) is 0 Å². The molecule has 16 rings (SSSR count). The molecular weight excluding hydrogens is 2130 g/mol. The second kappa shape index (κ2) is 60.0. The fourth-order valence-electron chi connectivity index (χ4n) is 15.0. The summed E-state index contributed by atoms with van der Waals surface area (Å²) in [7, 11) is 0.776. The van der Waals surface area contributed by atoms with Crippen molar-refractivity contribution < 1.29 is 263 Å². The number of nitrogens with zero attached hydrogens (tertiary/aromatic N) is 3. The molecule has 13 aromatic rings. The van der Waals surface area contributed by atoms with Crippen LogP contribution in [-0.4, -0.2) is 101 Å². The summed E-state index contributed by atoms with van der Waals surface area (Å²) in [5, 5.41) is 23.1. The van der Waals surface area contributed by atoms with Gasteiger partial charge in [-0.15, -0.1) is 37.5 Å². The number of hydrogen-bond acceptors (Lipinski definition) is 13. The molecule has 0 spiro atoms. The Labute approximate surface area is 923 Å². The van der Waals surface area contributed by atoms with Crippen molar-refractivity contribution in [2.24, 2.45) is 13.0 Å². The average molecular weight is 2240 g/mol. The number of rotatable bonds is 21. The smallest absolute Gasteiger partial charge is 0.262 e. The minimum Gasteiger partial charge on any atom is -0.542 e. The molecule has 4 aromatic heterocycles. The molecule has 0 amide bonds. The number of aliphatic hydroxyl groups excluding tert-OH is 2. The molecule has 2 aliphatic carbocycles. The van der Waals surface area contributed by atoms with Gasteiger partial charge in [-0.2, -0.15) is 0 Å². The monoisotopic (exact) mass is 2240 g/mol. The minimum atomic E-state index is -1.01. The van der Waals surface area contributed by atoms with Gasteiger partial charge in [0.15, 0.2) is 0 Å². The number of halogens is 2. The molecule has 3 aliphatic rings. The van der Waals surface area contributed by atoms with Crippen molar-refractivity contribution in [3.63, 3.8) is 0 Å². The summed E-state index contributed by atoms with van der Waals surface area (Å²) in [6, 6.07) is 64.3. The van der Waals surface area contributed by atoms with E-state index in [0.29, 0.717) is 64.4 Å². The Kier molecular flexibility index (Phi) is 57.3. The zero-order chi connectivity index (χ0) is 85.0. The third-order valence-electron chi connectivity index (χ3n) is 21.7. The van der Waals surface area contributed by atoms with Crippen LogP contribution in [0.1, 0.15) is 205 Å². The Balaban J connectivity index is 0.00000152. The Hall–Kier alpha value is -5.74. The Morgan fingerprint density at radius 1 is 0.631 bits per heavy atom. The number of nitrogens with one attached hydrogen (secondary N) is 1. The third-order valence-corrected chi connectivity index (χ3v) is 22.9. The van der Waals surface area contributed by atoms with Crippen LogP contribution in [0.3, 0.4) is 0 Å². The van der Waals surface area contributed by atoms with Crippen molar-refractivity contribution in [2.75, 3.05) is 12.9 Å². The van der Waals surface area contributed by atoms with Crippen LogP contribution in [0, 0.1) is 18.7 Å². The molecule has 17 nitrogen and oxygen atoms in total. The summed E-state index contributed by atoms with van der Waals surface area (Å²) in [6.45, 7) is 10.6. The Morgan fingerprint density at radius 3 is 1.85 bits per heavy atom. The van der Waals surface area contributed by atoms with E-state index in [4.69, 9.17) is 21.4 Å². The number of para-hydroxylation sites is 1. The quantitative estimate of drug-likeness (QED) is 0.0448. The predicted molar refractivity (Wildman–Crippen MR) is 498 cm³/mol. The maximum absolute atomic E-state index is 13.6. The molecule has 0 bridgehead atoms. The largest absolute Gasteiger partial charge is 0.542 e. The van der Waals surface area contributed by atoms with Gasteiger partial charge in [-0.25, -0.2) is 4.39 Å². The number of allylic oxidation sites excluding steroid dienone is 3. The van der Waals surface area contributed by atoms with Crippen molar-refractivity contribution >= 4 is 128 Å². The van der Waals surface area contributed by atoms with Crippen LogP contribution in [0.15, 0.2) is 235 Å². The number of aromatic amines is 1. The van der Waals surface area contributed by atoms with Gasteiger partial charge in [0, 0.05) is 287 Å². The van der Waals surface area contributed by atoms with E-state index in [-0.39, 0.29) is 301 Å². The van der Waals surface area contributed by atoms with Crippen molar-refractivity contribution in [3.8, 4) is 0 Å². The average Bonchev–Trinajstić information content (AvgIpc) is 1.60. The molecule has 4 unspecified atom stereocenters. The summed E-state index contributed by atoms with van der Waals surface area (Å²) < 4.78 is 36.0. The van der Waals surface area contributed by atoms with Gasteiger partial charge in [0.25, 0.3) is 11.8 Å². The van der Waals surface area contributed by atoms with Crippen molar-refractivity contribution in [2.45, 2.75) is 159 Å². The molecule has 0 fully saturated rings. The number of benzene rings is 9. The predicted octanol–water partition coefficient (Wildman–Crippen LogP) is 20.9.